The maximum atomic E-state index is 3.86. The Balaban J connectivity index is 2.64. The van der Waals surface area contributed by atoms with E-state index in [1.54, 1.807) is 0 Å². The maximum Gasteiger partial charge on any atom is 0.00509 e. The molecule has 14 heavy (non-hydrogen) atoms. The van der Waals surface area contributed by atoms with E-state index in [0.717, 1.165) is 0 Å². The predicted octanol–water partition coefficient (Wildman–Crippen LogP) is 1.87. The summed E-state index contributed by atoms with van der Waals surface area (Å²) in [7, 11) is 0. The van der Waals surface area contributed by atoms with Gasteiger partial charge in [0.15, 0.2) is 0 Å². The van der Waals surface area contributed by atoms with Crippen LogP contribution >= 0.6 is 0 Å². The van der Waals surface area contributed by atoms with Gasteiger partial charge in [-0.1, -0.05) is 48.6 Å². The van der Waals surface area contributed by atoms with Crippen molar-refractivity contribution in [2.24, 2.45) is 11.8 Å². The van der Waals surface area contributed by atoms with E-state index in [-0.39, 0.29) is 0 Å². The van der Waals surface area contributed by atoms with Crippen LogP contribution in [0.4, 0.5) is 0 Å². The molecule has 2 atom stereocenters. The summed E-state index contributed by atoms with van der Waals surface area (Å²) >= 11 is 0. The molecule has 0 radical (unpaired) electrons. The largest absolute Gasteiger partial charge is 0.102 e. The van der Waals surface area contributed by atoms with Crippen molar-refractivity contribution in [3.8, 4) is 0 Å². The molecule has 2 unspecified atom stereocenters. The molecule has 0 saturated carbocycles. The van der Waals surface area contributed by atoms with Crippen LogP contribution in [-0.4, -0.2) is 0 Å². The standard InChI is InChI=1S/C14H14/c1-3-11-9-13-7-5-6-8-14(13)10-12(11)4-2/h3-12H,1-2H2. The second kappa shape index (κ2) is 3.67. The third-order valence-corrected chi connectivity index (χ3v) is 2.73. The zero-order valence-electron chi connectivity index (χ0n) is 8.19. The Bertz CT molecular complexity index is 420. The van der Waals surface area contributed by atoms with E-state index < -0.39 is 0 Å². The van der Waals surface area contributed by atoms with Crippen LogP contribution in [0.2, 0.25) is 0 Å². The fraction of sp³-hybridized carbons (Fsp3) is 0.143. The second-order valence-electron chi connectivity index (χ2n) is 3.59. The molecule has 0 heteroatoms. The van der Waals surface area contributed by atoms with E-state index in [1.165, 1.54) is 10.4 Å². The smallest absolute Gasteiger partial charge is 0.00509 e. The van der Waals surface area contributed by atoms with Crippen LogP contribution in [0.1, 0.15) is 0 Å². The molecular weight excluding hydrogens is 168 g/mol. The van der Waals surface area contributed by atoms with E-state index in [4.69, 9.17) is 0 Å². The van der Waals surface area contributed by atoms with E-state index >= 15 is 0 Å². The topological polar surface area (TPSA) is 0 Å². The van der Waals surface area contributed by atoms with E-state index in [2.05, 4.69) is 49.6 Å². The Kier molecular flexibility index (Phi) is 2.36. The molecule has 2 rings (SSSR count). The first kappa shape index (κ1) is 9.01. The number of allylic oxidation sites excluding steroid dienone is 2. The third kappa shape index (κ3) is 1.44. The number of hydrogen-bond acceptors (Lipinski definition) is 0. The van der Waals surface area contributed by atoms with Gasteiger partial charge in [-0.3, -0.25) is 0 Å². The van der Waals surface area contributed by atoms with Gasteiger partial charge in [-0.2, -0.15) is 0 Å². The van der Waals surface area contributed by atoms with Gasteiger partial charge in [-0.05, 0) is 10.4 Å². The Morgan fingerprint density at radius 3 is 1.64 bits per heavy atom. The van der Waals surface area contributed by atoms with Crippen molar-refractivity contribution in [1.82, 2.24) is 0 Å². The average Bonchev–Trinajstić information content (AvgIpc) is 2.27. The van der Waals surface area contributed by atoms with Gasteiger partial charge < -0.3 is 0 Å². The first-order valence-corrected chi connectivity index (χ1v) is 4.89. The lowest BCUT2D eigenvalue weighted by atomic mass is 9.87. The number of fused-ring (bicyclic) bond motifs is 1. The molecule has 1 aliphatic carbocycles. The summed E-state index contributed by atoms with van der Waals surface area (Å²) < 4.78 is 0. The minimum Gasteiger partial charge on any atom is -0.102 e. The summed E-state index contributed by atoms with van der Waals surface area (Å²) in [5.41, 5.74) is 0. The van der Waals surface area contributed by atoms with Crippen LogP contribution in [0.5, 0.6) is 0 Å². The number of hydrogen-bond donors (Lipinski definition) is 0. The Morgan fingerprint density at radius 2 is 1.29 bits per heavy atom. The van der Waals surface area contributed by atoms with Gasteiger partial charge >= 0.3 is 0 Å². The lowest BCUT2D eigenvalue weighted by molar-refractivity contribution is 0.735. The van der Waals surface area contributed by atoms with Crippen LogP contribution in [0.25, 0.3) is 12.2 Å². The van der Waals surface area contributed by atoms with Crippen molar-refractivity contribution in [1.29, 1.82) is 0 Å². The molecule has 0 aliphatic heterocycles. The quantitative estimate of drug-likeness (QED) is 0.612. The summed E-state index contributed by atoms with van der Waals surface area (Å²) in [6, 6.07) is 8.42. The van der Waals surface area contributed by atoms with Gasteiger partial charge in [-0.25, -0.2) is 0 Å². The van der Waals surface area contributed by atoms with Crippen molar-refractivity contribution in [3.05, 3.63) is 60.0 Å². The third-order valence-electron chi connectivity index (χ3n) is 2.73. The second-order valence-corrected chi connectivity index (χ2v) is 3.59. The highest BCUT2D eigenvalue weighted by molar-refractivity contribution is 5.47. The summed E-state index contributed by atoms with van der Waals surface area (Å²) in [4.78, 5) is 0. The monoisotopic (exact) mass is 182 g/mol. The van der Waals surface area contributed by atoms with Crippen LogP contribution < -0.4 is 10.4 Å². The Hall–Kier alpha value is -1.56. The van der Waals surface area contributed by atoms with Gasteiger partial charge in [0.25, 0.3) is 0 Å². The van der Waals surface area contributed by atoms with Gasteiger partial charge in [0.05, 0.1) is 0 Å². The molecule has 0 N–H and O–H groups in total. The van der Waals surface area contributed by atoms with Crippen molar-refractivity contribution in [2.75, 3.05) is 0 Å². The van der Waals surface area contributed by atoms with Crippen molar-refractivity contribution >= 4 is 12.2 Å². The molecule has 0 saturated heterocycles. The lowest BCUT2D eigenvalue weighted by Crippen LogP contribution is -2.31. The molecule has 0 nitrogen and oxygen atoms in total. The van der Waals surface area contributed by atoms with Crippen LogP contribution in [-0.2, 0) is 0 Å². The van der Waals surface area contributed by atoms with Crippen molar-refractivity contribution in [3.63, 3.8) is 0 Å². The molecule has 0 spiro atoms. The van der Waals surface area contributed by atoms with Gasteiger partial charge in [0.1, 0.15) is 0 Å². The van der Waals surface area contributed by atoms with Crippen molar-refractivity contribution < 1.29 is 0 Å². The van der Waals surface area contributed by atoms with Crippen molar-refractivity contribution in [2.45, 2.75) is 0 Å². The minimum absolute atomic E-state index is 0.391. The number of rotatable bonds is 2. The molecule has 1 aromatic carbocycles. The zero-order valence-corrected chi connectivity index (χ0v) is 8.19. The first-order valence-electron chi connectivity index (χ1n) is 4.89. The first-order chi connectivity index (χ1) is 6.85. The molecule has 0 bridgehead atoms. The molecule has 0 aromatic heterocycles. The molecule has 1 aromatic rings. The lowest BCUT2D eigenvalue weighted by Gasteiger charge is -2.17. The highest BCUT2D eigenvalue weighted by atomic mass is 14.2. The zero-order chi connectivity index (χ0) is 9.97. The molecule has 70 valence electrons. The summed E-state index contributed by atoms with van der Waals surface area (Å²) in [6.07, 6.45) is 8.49. The number of benzene rings is 1. The molecular formula is C14H14. The van der Waals surface area contributed by atoms with E-state index in [1.807, 2.05) is 12.2 Å². The van der Waals surface area contributed by atoms with E-state index in [0.29, 0.717) is 11.8 Å². The van der Waals surface area contributed by atoms with Crippen LogP contribution in [0.3, 0.4) is 0 Å². The highest BCUT2D eigenvalue weighted by Gasteiger charge is 2.12. The highest BCUT2D eigenvalue weighted by Crippen LogP contribution is 2.18. The van der Waals surface area contributed by atoms with Gasteiger partial charge in [0.2, 0.25) is 0 Å². The summed E-state index contributed by atoms with van der Waals surface area (Å²) in [5.74, 6) is 0.782. The normalized spacial score (nSPS) is 24.0. The van der Waals surface area contributed by atoms with Crippen LogP contribution in [0, 0.1) is 11.8 Å². The fourth-order valence-corrected chi connectivity index (χ4v) is 1.90. The molecule has 0 fully saturated rings. The van der Waals surface area contributed by atoms with Gasteiger partial charge in [-0.15, -0.1) is 13.2 Å². The van der Waals surface area contributed by atoms with Crippen LogP contribution in [0.15, 0.2) is 49.6 Å². The molecule has 0 amide bonds. The van der Waals surface area contributed by atoms with E-state index in [9.17, 15) is 0 Å². The predicted molar refractivity (Wildman–Crippen MR) is 62.0 cm³/mol. The minimum atomic E-state index is 0.391. The fourth-order valence-electron chi connectivity index (χ4n) is 1.90. The maximum absolute atomic E-state index is 3.86. The summed E-state index contributed by atoms with van der Waals surface area (Å²) in [5, 5.41) is 2.60. The Labute approximate surface area is 84.6 Å². The summed E-state index contributed by atoms with van der Waals surface area (Å²) in [6.45, 7) is 7.71. The molecule has 0 heterocycles. The molecule has 1 aliphatic rings. The van der Waals surface area contributed by atoms with Gasteiger partial charge in [0, 0.05) is 11.8 Å². The Morgan fingerprint density at radius 1 is 0.857 bits per heavy atom. The SMILES string of the molecule is C=CC1C=c2ccccc2=CC1C=C. The average molecular weight is 182 g/mol.